The number of amides is 1. The molecule has 0 aliphatic carbocycles. The zero-order valence-corrected chi connectivity index (χ0v) is 10.3. The lowest BCUT2D eigenvalue weighted by Gasteiger charge is -2.00. The van der Waals surface area contributed by atoms with Gasteiger partial charge in [0.15, 0.2) is 0 Å². The number of benzene rings is 1. The van der Waals surface area contributed by atoms with Crippen LogP contribution in [-0.2, 0) is 11.3 Å². The van der Waals surface area contributed by atoms with Gasteiger partial charge in [0.25, 0.3) is 5.91 Å². The van der Waals surface area contributed by atoms with Crippen LogP contribution in [0.25, 0.3) is 0 Å². The Hall–Kier alpha value is -2.77. The Kier molecular flexibility index (Phi) is 3.81. The third-order valence-electron chi connectivity index (χ3n) is 2.33. The molecule has 0 atom stereocenters. The topological polar surface area (TPSA) is 111 Å². The number of anilines is 1. The second-order valence-corrected chi connectivity index (χ2v) is 3.90. The van der Waals surface area contributed by atoms with Crippen molar-refractivity contribution >= 4 is 18.1 Å². The first-order valence-corrected chi connectivity index (χ1v) is 5.55. The smallest absolute Gasteiger partial charge is 0.261 e. The molecular formula is C11H13N7O. The molecule has 2 aromatic rings. The van der Waals surface area contributed by atoms with Gasteiger partial charge in [0.1, 0.15) is 6.54 Å². The molecule has 0 radical (unpaired) electrons. The minimum Gasteiger partial charge on any atom is -0.367 e. The first-order valence-electron chi connectivity index (χ1n) is 5.55. The molecule has 0 saturated carbocycles. The summed E-state index contributed by atoms with van der Waals surface area (Å²) in [6, 6.07) is 7.74. The van der Waals surface area contributed by atoms with Crippen molar-refractivity contribution in [2.24, 2.45) is 5.10 Å². The van der Waals surface area contributed by atoms with Crippen molar-refractivity contribution in [1.82, 2.24) is 25.6 Å². The van der Waals surface area contributed by atoms with E-state index in [4.69, 9.17) is 5.73 Å². The lowest BCUT2D eigenvalue weighted by Crippen LogP contribution is -2.24. The lowest BCUT2D eigenvalue weighted by atomic mass is 10.2. The zero-order valence-electron chi connectivity index (χ0n) is 10.3. The second kappa shape index (κ2) is 5.71. The van der Waals surface area contributed by atoms with Gasteiger partial charge in [-0.1, -0.05) is 34.9 Å². The Bertz CT molecular complexity index is 587. The summed E-state index contributed by atoms with van der Waals surface area (Å²) >= 11 is 0. The van der Waals surface area contributed by atoms with Gasteiger partial charge in [0.2, 0.25) is 5.95 Å². The predicted molar refractivity (Wildman–Crippen MR) is 69.1 cm³/mol. The highest BCUT2D eigenvalue weighted by Crippen LogP contribution is 1.99. The number of nitrogens with zero attached hydrogens (tertiary/aromatic N) is 5. The Morgan fingerprint density at radius 2 is 2.21 bits per heavy atom. The highest BCUT2D eigenvalue weighted by molar-refractivity contribution is 5.82. The van der Waals surface area contributed by atoms with Crippen LogP contribution < -0.4 is 11.2 Å². The van der Waals surface area contributed by atoms with Crippen LogP contribution in [0.15, 0.2) is 29.4 Å². The van der Waals surface area contributed by atoms with Crippen LogP contribution in [0.5, 0.6) is 0 Å². The van der Waals surface area contributed by atoms with Crippen LogP contribution >= 0.6 is 0 Å². The summed E-state index contributed by atoms with van der Waals surface area (Å²) in [5, 5.41) is 14.2. The maximum absolute atomic E-state index is 11.5. The van der Waals surface area contributed by atoms with Crippen molar-refractivity contribution in [1.29, 1.82) is 0 Å². The number of aryl methyl sites for hydroxylation is 1. The minimum atomic E-state index is -0.359. The predicted octanol–water partition coefficient (Wildman–Crippen LogP) is -0.286. The van der Waals surface area contributed by atoms with E-state index in [0.717, 1.165) is 11.1 Å². The number of carbonyl (C=O) groups is 1. The number of carbonyl (C=O) groups excluding carboxylic acids is 1. The second-order valence-electron chi connectivity index (χ2n) is 3.90. The summed E-state index contributed by atoms with van der Waals surface area (Å²) in [7, 11) is 0. The average Bonchev–Trinajstić information content (AvgIpc) is 2.78. The summed E-state index contributed by atoms with van der Waals surface area (Å²) in [5.74, 6) is -0.278. The largest absolute Gasteiger partial charge is 0.367 e. The van der Waals surface area contributed by atoms with Crippen molar-refractivity contribution in [3.05, 3.63) is 35.4 Å². The summed E-state index contributed by atoms with van der Waals surface area (Å²) in [4.78, 5) is 11.5. The molecule has 3 N–H and O–H groups in total. The summed E-state index contributed by atoms with van der Waals surface area (Å²) in [6.45, 7) is 1.92. The van der Waals surface area contributed by atoms with E-state index < -0.39 is 0 Å². The lowest BCUT2D eigenvalue weighted by molar-refractivity contribution is -0.121. The van der Waals surface area contributed by atoms with Crippen molar-refractivity contribution in [2.45, 2.75) is 13.5 Å². The molecule has 1 aromatic heterocycles. The SMILES string of the molecule is Cc1ccc(/C=N/NC(=O)Cn2nnnc2N)cc1. The molecule has 0 bridgehead atoms. The molecule has 8 nitrogen and oxygen atoms in total. The molecular weight excluding hydrogens is 246 g/mol. The van der Waals surface area contributed by atoms with Crippen molar-refractivity contribution in [3.8, 4) is 0 Å². The maximum atomic E-state index is 11.5. The number of nitrogens with two attached hydrogens (primary N) is 1. The Labute approximate surface area is 109 Å². The van der Waals surface area contributed by atoms with E-state index in [9.17, 15) is 4.79 Å². The fraction of sp³-hybridized carbons (Fsp3) is 0.182. The van der Waals surface area contributed by atoms with Gasteiger partial charge in [-0.15, -0.1) is 0 Å². The number of hydrogen-bond donors (Lipinski definition) is 2. The number of tetrazole rings is 1. The summed E-state index contributed by atoms with van der Waals surface area (Å²) in [5.41, 5.74) is 9.86. The molecule has 0 aliphatic heterocycles. The van der Waals surface area contributed by atoms with Crippen molar-refractivity contribution in [3.63, 3.8) is 0 Å². The van der Waals surface area contributed by atoms with Gasteiger partial charge >= 0.3 is 0 Å². The number of nitrogen functional groups attached to an aromatic ring is 1. The van der Waals surface area contributed by atoms with Crippen molar-refractivity contribution < 1.29 is 4.79 Å². The van der Waals surface area contributed by atoms with Crippen molar-refractivity contribution in [2.75, 3.05) is 5.73 Å². The third kappa shape index (κ3) is 3.60. The number of aromatic nitrogens is 4. The van der Waals surface area contributed by atoms with Crippen LogP contribution in [0, 0.1) is 6.92 Å². The Morgan fingerprint density at radius 3 is 2.84 bits per heavy atom. The van der Waals surface area contributed by atoms with Crippen LogP contribution in [0.1, 0.15) is 11.1 Å². The number of nitrogens with one attached hydrogen (secondary N) is 1. The Morgan fingerprint density at radius 1 is 1.47 bits per heavy atom. The van der Waals surface area contributed by atoms with E-state index in [-0.39, 0.29) is 18.4 Å². The number of rotatable bonds is 4. The fourth-order valence-electron chi connectivity index (χ4n) is 1.33. The summed E-state index contributed by atoms with van der Waals surface area (Å²) < 4.78 is 1.18. The van der Waals surface area contributed by atoms with Crippen LogP contribution in [0.3, 0.4) is 0 Å². The maximum Gasteiger partial charge on any atom is 0.261 e. The standard InChI is InChI=1S/C11H13N7O/c1-8-2-4-9(5-3-8)6-13-14-10(19)7-18-11(12)15-16-17-18/h2-6H,7H2,1H3,(H,14,19)(H2,12,15,17)/b13-6+. The van der Waals surface area contributed by atoms with Gasteiger partial charge in [0, 0.05) is 0 Å². The first kappa shape index (κ1) is 12.7. The monoisotopic (exact) mass is 259 g/mol. The van der Waals surface area contributed by atoms with E-state index in [2.05, 4.69) is 26.1 Å². The van der Waals surface area contributed by atoms with Gasteiger partial charge in [-0.05, 0) is 22.9 Å². The molecule has 0 saturated heterocycles. The first-order chi connectivity index (χ1) is 9.15. The fourth-order valence-corrected chi connectivity index (χ4v) is 1.33. The van der Waals surface area contributed by atoms with E-state index >= 15 is 0 Å². The molecule has 8 heteroatoms. The minimum absolute atomic E-state index is 0.0793. The molecule has 0 aliphatic rings. The van der Waals surface area contributed by atoms with E-state index in [1.807, 2.05) is 31.2 Å². The third-order valence-corrected chi connectivity index (χ3v) is 2.33. The highest BCUT2D eigenvalue weighted by Gasteiger charge is 2.06. The quantitative estimate of drug-likeness (QED) is 0.579. The molecule has 0 fully saturated rings. The van der Waals surface area contributed by atoms with Crippen LogP contribution in [-0.4, -0.2) is 32.3 Å². The molecule has 2 rings (SSSR count). The molecule has 98 valence electrons. The molecule has 1 aromatic carbocycles. The van der Waals surface area contributed by atoms with E-state index in [0.29, 0.717) is 0 Å². The molecule has 0 unspecified atom stereocenters. The summed E-state index contributed by atoms with van der Waals surface area (Å²) in [6.07, 6.45) is 1.56. The number of hydrazone groups is 1. The van der Waals surface area contributed by atoms with Crippen LogP contribution in [0.4, 0.5) is 5.95 Å². The van der Waals surface area contributed by atoms with Gasteiger partial charge < -0.3 is 5.73 Å². The Balaban J connectivity index is 1.86. The van der Waals surface area contributed by atoms with Crippen LogP contribution in [0.2, 0.25) is 0 Å². The zero-order chi connectivity index (χ0) is 13.7. The van der Waals surface area contributed by atoms with Gasteiger partial charge in [-0.3, -0.25) is 4.79 Å². The highest BCUT2D eigenvalue weighted by atomic mass is 16.2. The molecule has 1 amide bonds. The molecule has 0 spiro atoms. The molecule has 19 heavy (non-hydrogen) atoms. The van der Waals surface area contributed by atoms with E-state index in [1.165, 1.54) is 4.68 Å². The number of hydrogen-bond acceptors (Lipinski definition) is 6. The molecule has 1 heterocycles. The van der Waals surface area contributed by atoms with Gasteiger partial charge in [-0.2, -0.15) is 5.10 Å². The van der Waals surface area contributed by atoms with E-state index in [1.54, 1.807) is 6.21 Å². The van der Waals surface area contributed by atoms with Gasteiger partial charge in [-0.25, -0.2) is 10.1 Å². The normalized spacial score (nSPS) is 10.8. The average molecular weight is 259 g/mol. The van der Waals surface area contributed by atoms with Gasteiger partial charge in [0.05, 0.1) is 6.21 Å².